The number of hydrogen-bond acceptors (Lipinski definition) is 4. The smallest absolute Gasteiger partial charge is 0.303 e. The number of carboxylic acids is 1. The van der Waals surface area contributed by atoms with Crippen molar-refractivity contribution in [3.8, 4) is 11.5 Å². The number of carbonyl (C=O) groups is 1. The molecule has 0 spiro atoms. The van der Waals surface area contributed by atoms with Gasteiger partial charge in [0.05, 0.1) is 4.47 Å². The van der Waals surface area contributed by atoms with Gasteiger partial charge in [-0.15, -0.1) is 0 Å². The van der Waals surface area contributed by atoms with Crippen LogP contribution in [0.1, 0.15) is 30.0 Å². The second-order valence-electron chi connectivity index (χ2n) is 4.18. The van der Waals surface area contributed by atoms with Gasteiger partial charge in [-0.2, -0.15) is 0 Å². The maximum atomic E-state index is 10.6. The number of hydrogen-bond donors (Lipinski definition) is 2. The average molecular weight is 316 g/mol. The first kappa shape index (κ1) is 13.2. The first-order chi connectivity index (χ1) is 8.50. The fraction of sp³-hybridized carbons (Fsp3) is 0.417. The van der Waals surface area contributed by atoms with E-state index < -0.39 is 5.97 Å². The predicted octanol–water partition coefficient (Wildman–Crippen LogP) is 2.35. The first-order valence-corrected chi connectivity index (χ1v) is 6.36. The number of rotatable bonds is 4. The second-order valence-corrected chi connectivity index (χ2v) is 4.97. The van der Waals surface area contributed by atoms with Gasteiger partial charge in [0.2, 0.25) is 6.79 Å². The largest absolute Gasteiger partial charge is 0.481 e. The molecule has 1 atom stereocenters. The lowest BCUT2D eigenvalue weighted by molar-refractivity contribution is -0.137. The fourth-order valence-electron chi connectivity index (χ4n) is 1.93. The zero-order valence-corrected chi connectivity index (χ0v) is 11.5. The summed E-state index contributed by atoms with van der Waals surface area (Å²) >= 11 is 3.45. The molecule has 0 saturated heterocycles. The van der Waals surface area contributed by atoms with Crippen molar-refractivity contribution in [2.45, 2.75) is 25.8 Å². The Hall–Kier alpha value is -1.27. The number of fused-ring (bicyclic) bond motifs is 1. The number of benzene rings is 1. The highest BCUT2D eigenvalue weighted by Gasteiger charge is 2.23. The number of halogens is 1. The van der Waals surface area contributed by atoms with Gasteiger partial charge in [0, 0.05) is 12.5 Å². The van der Waals surface area contributed by atoms with Crippen molar-refractivity contribution in [2.24, 2.45) is 5.73 Å². The van der Waals surface area contributed by atoms with Gasteiger partial charge in [-0.05, 0) is 46.5 Å². The maximum Gasteiger partial charge on any atom is 0.303 e. The van der Waals surface area contributed by atoms with E-state index in [0.29, 0.717) is 17.9 Å². The molecule has 98 valence electrons. The third kappa shape index (κ3) is 2.44. The van der Waals surface area contributed by atoms with Crippen LogP contribution in [-0.2, 0) is 4.79 Å². The summed E-state index contributed by atoms with van der Waals surface area (Å²) in [6.45, 7) is 2.11. The van der Waals surface area contributed by atoms with E-state index in [1.54, 1.807) is 0 Å². The zero-order valence-electron chi connectivity index (χ0n) is 9.90. The van der Waals surface area contributed by atoms with Gasteiger partial charge in [-0.25, -0.2) is 0 Å². The molecular formula is C12H14BrNO4. The van der Waals surface area contributed by atoms with Gasteiger partial charge in [-0.3, -0.25) is 4.79 Å². The Morgan fingerprint density at radius 2 is 2.33 bits per heavy atom. The number of ether oxygens (including phenoxy) is 2. The van der Waals surface area contributed by atoms with Gasteiger partial charge in [0.25, 0.3) is 0 Å². The predicted molar refractivity (Wildman–Crippen MR) is 68.8 cm³/mol. The minimum Gasteiger partial charge on any atom is -0.481 e. The van der Waals surface area contributed by atoms with E-state index in [0.717, 1.165) is 15.6 Å². The summed E-state index contributed by atoms with van der Waals surface area (Å²) in [7, 11) is 0. The Kier molecular flexibility index (Phi) is 3.77. The SMILES string of the molecule is Cc1c(C(N)CCC(=O)O)cc2c(c1Br)OCO2. The molecule has 1 aromatic carbocycles. The van der Waals surface area contributed by atoms with E-state index in [9.17, 15) is 4.79 Å². The molecule has 0 aliphatic carbocycles. The monoisotopic (exact) mass is 315 g/mol. The highest BCUT2D eigenvalue weighted by atomic mass is 79.9. The average Bonchev–Trinajstić information content (AvgIpc) is 2.79. The summed E-state index contributed by atoms with van der Waals surface area (Å²) < 4.78 is 11.5. The second kappa shape index (κ2) is 5.16. The van der Waals surface area contributed by atoms with Crippen LogP contribution in [0.4, 0.5) is 0 Å². The molecule has 1 heterocycles. The van der Waals surface area contributed by atoms with Crippen LogP contribution >= 0.6 is 15.9 Å². The molecule has 1 aromatic rings. The van der Waals surface area contributed by atoms with Gasteiger partial charge >= 0.3 is 5.97 Å². The Bertz CT molecular complexity index is 489. The maximum absolute atomic E-state index is 10.6. The summed E-state index contributed by atoms with van der Waals surface area (Å²) in [4.78, 5) is 10.6. The minimum atomic E-state index is -0.845. The van der Waals surface area contributed by atoms with Crippen LogP contribution in [0.5, 0.6) is 11.5 Å². The van der Waals surface area contributed by atoms with Crippen LogP contribution in [0, 0.1) is 6.92 Å². The molecule has 2 rings (SSSR count). The van der Waals surface area contributed by atoms with Crippen molar-refractivity contribution in [2.75, 3.05) is 6.79 Å². The lowest BCUT2D eigenvalue weighted by Gasteiger charge is -2.16. The lowest BCUT2D eigenvalue weighted by atomic mass is 9.97. The molecule has 1 aliphatic rings. The van der Waals surface area contributed by atoms with Crippen LogP contribution in [0.2, 0.25) is 0 Å². The van der Waals surface area contributed by atoms with Crippen LogP contribution < -0.4 is 15.2 Å². The molecule has 0 radical (unpaired) electrons. The highest BCUT2D eigenvalue weighted by molar-refractivity contribution is 9.10. The standard InChI is InChI=1S/C12H14BrNO4/c1-6-7(8(14)2-3-10(15)16)4-9-12(11(6)13)18-5-17-9/h4,8H,2-3,5,14H2,1H3,(H,15,16). The first-order valence-electron chi connectivity index (χ1n) is 5.56. The van der Waals surface area contributed by atoms with E-state index in [-0.39, 0.29) is 19.3 Å². The van der Waals surface area contributed by atoms with Crippen molar-refractivity contribution in [3.05, 3.63) is 21.7 Å². The molecule has 1 aliphatic heterocycles. The summed E-state index contributed by atoms with van der Waals surface area (Å²) in [5.74, 6) is 0.484. The molecule has 0 amide bonds. The lowest BCUT2D eigenvalue weighted by Crippen LogP contribution is -2.13. The molecule has 18 heavy (non-hydrogen) atoms. The number of carboxylic acid groups (broad SMARTS) is 1. The zero-order chi connectivity index (χ0) is 13.3. The topological polar surface area (TPSA) is 81.8 Å². The summed E-state index contributed by atoms with van der Waals surface area (Å²) in [5, 5.41) is 8.68. The molecule has 1 unspecified atom stereocenters. The van der Waals surface area contributed by atoms with Gasteiger partial charge in [-0.1, -0.05) is 0 Å². The van der Waals surface area contributed by atoms with Gasteiger partial charge < -0.3 is 20.3 Å². The number of aliphatic carboxylic acids is 1. The quantitative estimate of drug-likeness (QED) is 0.891. The summed E-state index contributed by atoms with van der Waals surface area (Å²) in [6.07, 6.45) is 0.439. The van der Waals surface area contributed by atoms with E-state index in [2.05, 4.69) is 15.9 Å². The Morgan fingerprint density at radius 1 is 1.61 bits per heavy atom. The molecule has 5 nitrogen and oxygen atoms in total. The van der Waals surface area contributed by atoms with Crippen LogP contribution in [0.15, 0.2) is 10.5 Å². The van der Waals surface area contributed by atoms with Crippen molar-refractivity contribution in [1.29, 1.82) is 0 Å². The molecule has 0 aromatic heterocycles. The van der Waals surface area contributed by atoms with E-state index >= 15 is 0 Å². The summed E-state index contributed by atoms with van der Waals surface area (Å²) in [6, 6.07) is 1.50. The Labute approximate surface area is 113 Å². The highest BCUT2D eigenvalue weighted by Crippen LogP contribution is 2.44. The van der Waals surface area contributed by atoms with Crippen LogP contribution in [0.25, 0.3) is 0 Å². The minimum absolute atomic E-state index is 0.0483. The third-order valence-corrected chi connectivity index (χ3v) is 3.91. The fourth-order valence-corrected chi connectivity index (χ4v) is 2.47. The van der Waals surface area contributed by atoms with E-state index in [1.807, 2.05) is 13.0 Å². The molecule has 0 fully saturated rings. The van der Waals surface area contributed by atoms with Crippen molar-refractivity contribution in [1.82, 2.24) is 0 Å². The molecular weight excluding hydrogens is 302 g/mol. The van der Waals surface area contributed by atoms with Crippen LogP contribution in [-0.4, -0.2) is 17.9 Å². The van der Waals surface area contributed by atoms with Crippen LogP contribution in [0.3, 0.4) is 0 Å². The van der Waals surface area contributed by atoms with E-state index in [4.69, 9.17) is 20.3 Å². The third-order valence-electron chi connectivity index (χ3n) is 2.96. The molecule has 0 bridgehead atoms. The van der Waals surface area contributed by atoms with Gasteiger partial charge in [0.1, 0.15) is 0 Å². The normalized spacial score (nSPS) is 14.6. The van der Waals surface area contributed by atoms with Crippen molar-refractivity contribution in [3.63, 3.8) is 0 Å². The van der Waals surface area contributed by atoms with Crippen molar-refractivity contribution < 1.29 is 19.4 Å². The number of nitrogens with two attached hydrogens (primary N) is 1. The van der Waals surface area contributed by atoms with Crippen molar-refractivity contribution >= 4 is 21.9 Å². The molecule has 0 saturated carbocycles. The Balaban J connectivity index is 2.28. The molecule has 6 heteroatoms. The Morgan fingerprint density at radius 3 is 3.00 bits per heavy atom. The van der Waals surface area contributed by atoms with Gasteiger partial charge in [0.15, 0.2) is 11.5 Å². The van der Waals surface area contributed by atoms with E-state index in [1.165, 1.54) is 0 Å². The summed E-state index contributed by atoms with van der Waals surface area (Å²) in [5.41, 5.74) is 7.86. The molecule has 3 N–H and O–H groups in total.